The van der Waals surface area contributed by atoms with Crippen LogP contribution in [0, 0.1) is 0 Å². The molecule has 0 unspecified atom stereocenters. The first-order valence-electron chi connectivity index (χ1n) is 8.61. The van der Waals surface area contributed by atoms with Crippen LogP contribution >= 0.6 is 11.3 Å². The highest BCUT2D eigenvalue weighted by Gasteiger charge is 2.13. The number of aliphatic carboxylic acids is 2. The number of benzene rings is 1. The van der Waals surface area contributed by atoms with Gasteiger partial charge in [0.15, 0.2) is 11.5 Å². The Balaban J connectivity index is 0.000000656. The molecule has 0 spiro atoms. The molecular weight excluding hydrogens is 416 g/mol. The lowest BCUT2D eigenvalue weighted by Gasteiger charge is -2.14. The Morgan fingerprint density at radius 2 is 1.57 bits per heavy atom. The van der Waals surface area contributed by atoms with Crippen molar-refractivity contribution in [3.05, 3.63) is 40.1 Å². The van der Waals surface area contributed by atoms with Gasteiger partial charge in [0.1, 0.15) is 0 Å². The fourth-order valence-electron chi connectivity index (χ4n) is 2.23. The second-order valence-electron chi connectivity index (χ2n) is 5.55. The molecule has 11 heteroatoms. The van der Waals surface area contributed by atoms with Gasteiger partial charge in [-0.1, -0.05) is 6.07 Å². The second kappa shape index (κ2) is 13.0. The third-order valence-corrected chi connectivity index (χ3v) is 4.44. The predicted molar refractivity (Wildman–Crippen MR) is 110 cm³/mol. The van der Waals surface area contributed by atoms with Gasteiger partial charge in [0.25, 0.3) is 5.91 Å². The maximum Gasteiger partial charge on any atom is 0.414 e. The van der Waals surface area contributed by atoms with E-state index in [1.807, 2.05) is 29.6 Å². The molecule has 1 aromatic carbocycles. The maximum atomic E-state index is 11.8. The Kier molecular flexibility index (Phi) is 10.7. The zero-order chi connectivity index (χ0) is 22.5. The van der Waals surface area contributed by atoms with Gasteiger partial charge in [0, 0.05) is 19.6 Å². The number of carbonyl (C=O) groups is 3. The van der Waals surface area contributed by atoms with Crippen molar-refractivity contribution >= 4 is 29.2 Å². The van der Waals surface area contributed by atoms with Gasteiger partial charge in [-0.05, 0) is 29.1 Å². The second-order valence-corrected chi connectivity index (χ2v) is 6.50. The lowest BCUT2D eigenvalue weighted by molar-refractivity contribution is -0.159. The highest BCUT2D eigenvalue weighted by molar-refractivity contribution is 7.12. The summed E-state index contributed by atoms with van der Waals surface area (Å²) in [5.41, 5.74) is 1.01. The molecule has 0 aliphatic heterocycles. The average Bonchev–Trinajstić information content (AvgIpc) is 3.27. The molecule has 30 heavy (non-hydrogen) atoms. The third kappa shape index (κ3) is 7.97. The van der Waals surface area contributed by atoms with E-state index in [2.05, 4.69) is 10.6 Å². The van der Waals surface area contributed by atoms with Gasteiger partial charge < -0.3 is 35.1 Å². The van der Waals surface area contributed by atoms with Crippen molar-refractivity contribution in [1.82, 2.24) is 10.6 Å². The van der Waals surface area contributed by atoms with Crippen LogP contribution in [0.3, 0.4) is 0 Å². The summed E-state index contributed by atoms with van der Waals surface area (Å²) in [7, 11) is 4.76. The van der Waals surface area contributed by atoms with E-state index in [1.54, 1.807) is 21.3 Å². The lowest BCUT2D eigenvalue weighted by Crippen LogP contribution is -2.31. The topological polar surface area (TPSA) is 143 Å². The molecule has 4 N–H and O–H groups in total. The molecule has 0 radical (unpaired) electrons. The minimum Gasteiger partial charge on any atom is -0.493 e. The number of amides is 1. The van der Waals surface area contributed by atoms with Gasteiger partial charge in [-0.15, -0.1) is 11.3 Å². The van der Waals surface area contributed by atoms with Gasteiger partial charge in [0.05, 0.1) is 26.2 Å². The molecule has 10 nitrogen and oxygen atoms in total. The van der Waals surface area contributed by atoms with Crippen molar-refractivity contribution in [1.29, 1.82) is 0 Å². The summed E-state index contributed by atoms with van der Waals surface area (Å²) in [4.78, 5) is 30.7. The summed E-state index contributed by atoms with van der Waals surface area (Å²) in [5.74, 6) is -1.86. The average molecular weight is 440 g/mol. The van der Waals surface area contributed by atoms with Gasteiger partial charge in [-0.25, -0.2) is 9.59 Å². The first-order chi connectivity index (χ1) is 14.3. The van der Waals surface area contributed by atoms with E-state index in [-0.39, 0.29) is 5.91 Å². The Bertz CT molecular complexity index is 802. The zero-order valence-electron chi connectivity index (χ0n) is 16.8. The summed E-state index contributed by atoms with van der Waals surface area (Å²) in [6.07, 6.45) is 0. The van der Waals surface area contributed by atoms with Crippen LogP contribution in [0.15, 0.2) is 29.6 Å². The van der Waals surface area contributed by atoms with Crippen LogP contribution in [-0.2, 0) is 16.1 Å². The molecule has 2 aromatic rings. The SMILES string of the molecule is COc1cc(CNCCNC(=O)c2cccs2)cc(OC)c1OC.O=C(O)C(=O)O. The van der Waals surface area contributed by atoms with E-state index in [0.29, 0.717) is 36.9 Å². The van der Waals surface area contributed by atoms with Gasteiger partial charge in [-0.3, -0.25) is 4.79 Å². The largest absolute Gasteiger partial charge is 0.493 e. The maximum absolute atomic E-state index is 11.8. The number of ether oxygens (including phenoxy) is 3. The number of carboxylic acids is 2. The van der Waals surface area contributed by atoms with Crippen LogP contribution in [0.2, 0.25) is 0 Å². The number of nitrogens with one attached hydrogen (secondary N) is 2. The minimum absolute atomic E-state index is 0.0421. The first-order valence-corrected chi connectivity index (χ1v) is 9.49. The third-order valence-electron chi connectivity index (χ3n) is 3.57. The van der Waals surface area contributed by atoms with Crippen LogP contribution in [0.25, 0.3) is 0 Å². The normalized spacial score (nSPS) is 9.70. The summed E-state index contributed by atoms with van der Waals surface area (Å²) in [6, 6.07) is 7.47. The predicted octanol–water partition coefficient (Wildman–Crippen LogP) is 1.45. The molecule has 2 rings (SSSR count). The Morgan fingerprint density at radius 3 is 2.00 bits per heavy atom. The summed E-state index contributed by atoms with van der Waals surface area (Å²) in [6.45, 7) is 1.85. The van der Waals surface area contributed by atoms with Crippen molar-refractivity contribution in [2.45, 2.75) is 6.54 Å². The number of thiophene rings is 1. The molecule has 1 amide bonds. The number of methoxy groups -OCH3 is 3. The molecule has 0 atom stereocenters. The smallest absolute Gasteiger partial charge is 0.414 e. The van der Waals surface area contributed by atoms with Crippen molar-refractivity contribution in [2.75, 3.05) is 34.4 Å². The fourth-order valence-corrected chi connectivity index (χ4v) is 2.87. The number of hydrogen-bond acceptors (Lipinski definition) is 8. The summed E-state index contributed by atoms with van der Waals surface area (Å²) in [5, 5.41) is 22.8. The number of rotatable bonds is 9. The highest BCUT2D eigenvalue weighted by atomic mass is 32.1. The van der Waals surface area contributed by atoms with Crippen LogP contribution in [0.4, 0.5) is 0 Å². The van der Waals surface area contributed by atoms with E-state index in [0.717, 1.165) is 10.4 Å². The molecule has 0 bridgehead atoms. The molecule has 1 heterocycles. The molecule has 0 aliphatic carbocycles. The summed E-state index contributed by atoms with van der Waals surface area (Å²) >= 11 is 1.43. The number of carbonyl (C=O) groups excluding carboxylic acids is 1. The monoisotopic (exact) mass is 440 g/mol. The van der Waals surface area contributed by atoms with E-state index in [4.69, 9.17) is 34.0 Å². The first kappa shape index (κ1) is 24.7. The van der Waals surface area contributed by atoms with Gasteiger partial charge in [0.2, 0.25) is 5.75 Å². The molecule has 1 aromatic heterocycles. The van der Waals surface area contributed by atoms with Crippen LogP contribution in [0.5, 0.6) is 17.2 Å². The Morgan fingerprint density at radius 1 is 0.967 bits per heavy atom. The molecule has 0 saturated carbocycles. The van der Waals surface area contributed by atoms with Crippen molar-refractivity contribution in [3.63, 3.8) is 0 Å². The summed E-state index contributed by atoms with van der Waals surface area (Å²) < 4.78 is 16.0. The van der Waals surface area contributed by atoms with Crippen LogP contribution in [-0.4, -0.2) is 62.5 Å². The molecule has 0 fully saturated rings. The van der Waals surface area contributed by atoms with Gasteiger partial charge >= 0.3 is 11.9 Å². The fraction of sp³-hybridized carbons (Fsp3) is 0.316. The van der Waals surface area contributed by atoms with E-state index in [9.17, 15) is 4.79 Å². The standard InChI is InChI=1S/C17H22N2O4S.C2H2O4/c1-21-13-9-12(10-14(22-2)16(13)23-3)11-18-6-7-19-17(20)15-5-4-8-24-15;3-1(4)2(5)6/h4-5,8-10,18H,6-7,11H2,1-3H3,(H,19,20);(H,3,4)(H,5,6). The molecular formula is C19H24N2O8S. The molecule has 0 saturated heterocycles. The Hall–Kier alpha value is -3.31. The van der Waals surface area contributed by atoms with Crippen LogP contribution < -0.4 is 24.8 Å². The lowest BCUT2D eigenvalue weighted by atomic mass is 10.2. The van der Waals surface area contributed by atoms with Crippen molar-refractivity contribution in [3.8, 4) is 17.2 Å². The van der Waals surface area contributed by atoms with Crippen molar-refractivity contribution in [2.24, 2.45) is 0 Å². The van der Waals surface area contributed by atoms with E-state index >= 15 is 0 Å². The zero-order valence-corrected chi connectivity index (χ0v) is 17.6. The van der Waals surface area contributed by atoms with E-state index < -0.39 is 11.9 Å². The minimum atomic E-state index is -1.82. The van der Waals surface area contributed by atoms with Gasteiger partial charge in [-0.2, -0.15) is 0 Å². The Labute approximate surface area is 177 Å². The highest BCUT2D eigenvalue weighted by Crippen LogP contribution is 2.38. The number of carboxylic acid groups (broad SMARTS) is 2. The quantitative estimate of drug-likeness (QED) is 0.336. The number of hydrogen-bond donors (Lipinski definition) is 4. The molecule has 164 valence electrons. The molecule has 0 aliphatic rings. The van der Waals surface area contributed by atoms with Crippen LogP contribution in [0.1, 0.15) is 15.2 Å². The van der Waals surface area contributed by atoms with E-state index in [1.165, 1.54) is 11.3 Å². The van der Waals surface area contributed by atoms with Crippen molar-refractivity contribution < 1.29 is 38.8 Å².